The molecule has 154 valence electrons. The lowest BCUT2D eigenvalue weighted by molar-refractivity contribution is -0.126. The molecule has 1 aromatic rings. The number of ether oxygens (including phenoxy) is 2. The Balaban J connectivity index is 0.00000225. The number of anilines is 1. The largest absolute Gasteiger partial charge is 0.486 e. The lowest BCUT2D eigenvalue weighted by Crippen LogP contribution is -2.36. The number of piperidine rings is 1. The first kappa shape index (κ1) is 20.7. The van der Waals surface area contributed by atoms with Crippen molar-refractivity contribution >= 4 is 29.9 Å². The van der Waals surface area contributed by atoms with Crippen LogP contribution in [0.3, 0.4) is 0 Å². The van der Waals surface area contributed by atoms with Crippen LogP contribution in [0.1, 0.15) is 25.7 Å². The van der Waals surface area contributed by atoms with E-state index in [-0.39, 0.29) is 36.6 Å². The summed E-state index contributed by atoms with van der Waals surface area (Å²) in [5.74, 6) is 1.65. The van der Waals surface area contributed by atoms with Gasteiger partial charge in [-0.05, 0) is 50.4 Å². The number of nitrogens with one attached hydrogen (secondary N) is 2. The number of hydrogen-bond acceptors (Lipinski definition) is 5. The van der Waals surface area contributed by atoms with Crippen LogP contribution in [-0.4, -0.2) is 51.2 Å². The molecule has 0 saturated carbocycles. The average Bonchev–Trinajstić information content (AvgIpc) is 3.10. The van der Waals surface area contributed by atoms with E-state index in [4.69, 9.17) is 9.47 Å². The summed E-state index contributed by atoms with van der Waals surface area (Å²) in [5.41, 5.74) is 0.757. The number of hydrogen-bond donors (Lipinski definition) is 2. The summed E-state index contributed by atoms with van der Waals surface area (Å²) in [6.07, 6.45) is 3.68. The lowest BCUT2D eigenvalue weighted by Gasteiger charge is -2.23. The molecule has 0 bridgehead atoms. The maximum atomic E-state index is 12.5. The summed E-state index contributed by atoms with van der Waals surface area (Å²) < 4.78 is 11.1. The maximum absolute atomic E-state index is 12.5. The van der Waals surface area contributed by atoms with E-state index in [0.717, 1.165) is 25.2 Å². The van der Waals surface area contributed by atoms with E-state index in [9.17, 15) is 9.59 Å². The Labute approximate surface area is 171 Å². The van der Waals surface area contributed by atoms with Crippen molar-refractivity contribution in [1.29, 1.82) is 0 Å². The molecule has 0 radical (unpaired) electrons. The first-order valence-electron chi connectivity index (χ1n) is 9.89. The van der Waals surface area contributed by atoms with Gasteiger partial charge in [0.25, 0.3) is 0 Å². The van der Waals surface area contributed by atoms with E-state index in [1.165, 1.54) is 12.8 Å². The number of nitrogens with zero attached hydrogens (tertiary/aromatic N) is 1. The van der Waals surface area contributed by atoms with Crippen molar-refractivity contribution in [3.63, 3.8) is 0 Å². The molecular weight excluding hydrogens is 382 g/mol. The molecule has 2 fully saturated rings. The minimum absolute atomic E-state index is 0. The van der Waals surface area contributed by atoms with E-state index >= 15 is 0 Å². The molecule has 0 spiro atoms. The van der Waals surface area contributed by atoms with Gasteiger partial charge in [-0.15, -0.1) is 12.4 Å². The Morgan fingerprint density at radius 1 is 1.25 bits per heavy atom. The quantitative estimate of drug-likeness (QED) is 0.774. The summed E-state index contributed by atoms with van der Waals surface area (Å²) in [4.78, 5) is 26.6. The van der Waals surface area contributed by atoms with Gasteiger partial charge in [-0.1, -0.05) is 0 Å². The van der Waals surface area contributed by atoms with Crippen LogP contribution in [0.25, 0.3) is 0 Å². The molecule has 2 saturated heterocycles. The van der Waals surface area contributed by atoms with Gasteiger partial charge in [-0.3, -0.25) is 9.59 Å². The molecule has 2 amide bonds. The molecule has 28 heavy (non-hydrogen) atoms. The zero-order chi connectivity index (χ0) is 18.6. The maximum Gasteiger partial charge on any atom is 0.227 e. The molecule has 2 unspecified atom stereocenters. The molecule has 1 aromatic carbocycles. The van der Waals surface area contributed by atoms with Crippen LogP contribution in [0.2, 0.25) is 0 Å². The topological polar surface area (TPSA) is 79.9 Å². The van der Waals surface area contributed by atoms with Gasteiger partial charge < -0.3 is 25.0 Å². The Kier molecular flexibility index (Phi) is 7.02. The summed E-state index contributed by atoms with van der Waals surface area (Å²) in [6, 6.07) is 5.49. The average molecular weight is 410 g/mol. The van der Waals surface area contributed by atoms with Gasteiger partial charge in [0, 0.05) is 31.3 Å². The SMILES string of the molecule is Cl.O=C(NCCC1CCCNC1)C1CC(=O)N(c2ccc3c(c2)OCCO3)C1. The first-order valence-corrected chi connectivity index (χ1v) is 9.89. The standard InChI is InChI=1S/C20H27N3O4.ClH/c24-19-10-15(20(25)22-7-5-14-2-1-6-21-12-14)13-23(19)16-3-4-17-18(11-16)27-9-8-26-17;/h3-4,11,14-15,21H,1-2,5-10,12-13H2,(H,22,25);1H. The second-order valence-electron chi connectivity index (χ2n) is 7.53. The zero-order valence-corrected chi connectivity index (χ0v) is 16.8. The van der Waals surface area contributed by atoms with Crippen molar-refractivity contribution in [1.82, 2.24) is 10.6 Å². The highest BCUT2D eigenvalue weighted by molar-refractivity contribution is 6.00. The summed E-state index contributed by atoms with van der Waals surface area (Å²) in [7, 11) is 0. The van der Waals surface area contributed by atoms with Gasteiger partial charge in [0.05, 0.1) is 5.92 Å². The molecule has 8 heteroatoms. The van der Waals surface area contributed by atoms with E-state index in [1.54, 1.807) is 4.90 Å². The minimum atomic E-state index is -0.296. The van der Waals surface area contributed by atoms with Crippen LogP contribution in [0.4, 0.5) is 5.69 Å². The number of carbonyl (C=O) groups excluding carboxylic acids is 2. The van der Waals surface area contributed by atoms with Crippen molar-refractivity contribution < 1.29 is 19.1 Å². The van der Waals surface area contributed by atoms with Gasteiger partial charge in [0.15, 0.2) is 11.5 Å². The van der Waals surface area contributed by atoms with Gasteiger partial charge in [-0.25, -0.2) is 0 Å². The molecule has 2 atom stereocenters. The molecule has 3 heterocycles. The molecule has 0 aliphatic carbocycles. The van der Waals surface area contributed by atoms with Crippen molar-refractivity contribution in [2.24, 2.45) is 11.8 Å². The number of benzene rings is 1. The molecule has 0 aromatic heterocycles. The van der Waals surface area contributed by atoms with Crippen molar-refractivity contribution in [3.05, 3.63) is 18.2 Å². The Morgan fingerprint density at radius 3 is 2.86 bits per heavy atom. The van der Waals surface area contributed by atoms with Crippen LogP contribution >= 0.6 is 12.4 Å². The van der Waals surface area contributed by atoms with Crippen molar-refractivity contribution in [3.8, 4) is 11.5 Å². The third kappa shape index (κ3) is 4.70. The van der Waals surface area contributed by atoms with Crippen LogP contribution in [0.15, 0.2) is 18.2 Å². The Hall–Kier alpha value is -1.99. The highest BCUT2D eigenvalue weighted by Crippen LogP contribution is 2.36. The summed E-state index contributed by atoms with van der Waals surface area (Å²) in [6.45, 7) is 4.27. The van der Waals surface area contributed by atoms with Gasteiger partial charge in [0.2, 0.25) is 11.8 Å². The number of fused-ring (bicyclic) bond motifs is 1. The third-order valence-corrected chi connectivity index (χ3v) is 5.58. The van der Waals surface area contributed by atoms with E-state index in [2.05, 4.69) is 10.6 Å². The first-order chi connectivity index (χ1) is 13.2. The minimum Gasteiger partial charge on any atom is -0.486 e. The normalized spacial score (nSPS) is 23.9. The summed E-state index contributed by atoms with van der Waals surface area (Å²) in [5, 5.41) is 6.42. The van der Waals surface area contributed by atoms with Gasteiger partial charge >= 0.3 is 0 Å². The van der Waals surface area contributed by atoms with Crippen LogP contribution in [0.5, 0.6) is 11.5 Å². The number of rotatable bonds is 5. The van der Waals surface area contributed by atoms with Gasteiger partial charge in [0.1, 0.15) is 13.2 Å². The second kappa shape index (κ2) is 9.47. The fourth-order valence-electron chi connectivity index (χ4n) is 4.05. The number of halogens is 1. The predicted molar refractivity (Wildman–Crippen MR) is 108 cm³/mol. The lowest BCUT2D eigenvalue weighted by atomic mass is 9.96. The second-order valence-corrected chi connectivity index (χ2v) is 7.53. The Bertz CT molecular complexity index is 709. The monoisotopic (exact) mass is 409 g/mol. The van der Waals surface area contributed by atoms with Gasteiger partial charge in [-0.2, -0.15) is 0 Å². The fraction of sp³-hybridized carbons (Fsp3) is 0.600. The fourth-order valence-corrected chi connectivity index (χ4v) is 4.05. The third-order valence-electron chi connectivity index (χ3n) is 5.58. The van der Waals surface area contributed by atoms with E-state index in [1.807, 2.05) is 18.2 Å². The molecule has 3 aliphatic rings. The van der Waals surface area contributed by atoms with E-state index < -0.39 is 0 Å². The molecule has 3 aliphatic heterocycles. The van der Waals surface area contributed by atoms with Crippen LogP contribution in [-0.2, 0) is 9.59 Å². The molecule has 4 rings (SSSR count). The Morgan fingerprint density at radius 2 is 2.07 bits per heavy atom. The highest BCUT2D eigenvalue weighted by atomic mass is 35.5. The molecular formula is C20H28ClN3O4. The van der Waals surface area contributed by atoms with Crippen LogP contribution < -0.4 is 25.0 Å². The van der Waals surface area contributed by atoms with Crippen molar-refractivity contribution in [2.45, 2.75) is 25.7 Å². The van der Waals surface area contributed by atoms with E-state index in [0.29, 0.717) is 43.7 Å². The predicted octanol–water partition coefficient (Wildman–Crippen LogP) is 1.74. The molecule has 2 N–H and O–H groups in total. The van der Waals surface area contributed by atoms with Crippen molar-refractivity contribution in [2.75, 3.05) is 44.3 Å². The number of amides is 2. The highest BCUT2D eigenvalue weighted by Gasteiger charge is 2.35. The summed E-state index contributed by atoms with van der Waals surface area (Å²) >= 11 is 0. The zero-order valence-electron chi connectivity index (χ0n) is 15.9. The number of carbonyl (C=O) groups is 2. The van der Waals surface area contributed by atoms with Crippen LogP contribution in [0, 0.1) is 11.8 Å². The molecule has 7 nitrogen and oxygen atoms in total. The smallest absolute Gasteiger partial charge is 0.227 e.